The number of ketones is 1. The molecule has 0 aliphatic heterocycles. The van der Waals surface area contributed by atoms with E-state index in [1.54, 1.807) is 36.4 Å². The summed E-state index contributed by atoms with van der Waals surface area (Å²) in [5.74, 6) is 0.932. The topological polar surface area (TPSA) is 35.5 Å². The molecule has 0 amide bonds. The Labute approximate surface area is 130 Å². The number of carbonyl (C=O) groups excluding carboxylic acids is 1. The summed E-state index contributed by atoms with van der Waals surface area (Å²) in [5.41, 5.74) is 0.899. The van der Waals surface area contributed by atoms with Gasteiger partial charge in [0.25, 0.3) is 0 Å². The smallest absolute Gasteiger partial charge is 0.194 e. The molecule has 0 aliphatic rings. The Hall–Kier alpha value is -1.52. The predicted octanol–water partition coefficient (Wildman–Crippen LogP) is 4.35. The van der Waals surface area contributed by atoms with Gasteiger partial charge in [0.15, 0.2) is 5.78 Å². The Morgan fingerprint density at radius 2 is 1.65 bits per heavy atom. The van der Waals surface area contributed by atoms with Gasteiger partial charge in [-0.3, -0.25) is 4.79 Å². The van der Waals surface area contributed by atoms with Gasteiger partial charge in [0, 0.05) is 21.7 Å². The number of halogens is 2. The molecule has 0 heterocycles. The molecule has 3 nitrogen and oxygen atoms in total. The average Bonchev–Trinajstić information content (AvgIpc) is 2.46. The van der Waals surface area contributed by atoms with Gasteiger partial charge in [0.2, 0.25) is 0 Å². The zero-order chi connectivity index (χ0) is 14.7. The largest absolute Gasteiger partial charge is 0.497 e. The standard InChI is InChI=1S/C15H12BrClO3/c1-19-11-5-9(6-12(8-11)20-2)15(18)13-4-3-10(16)7-14(13)17/h3-8H,1-2H3. The van der Waals surface area contributed by atoms with Gasteiger partial charge in [-0.1, -0.05) is 27.5 Å². The van der Waals surface area contributed by atoms with E-state index in [0.717, 1.165) is 4.47 Å². The molecule has 0 bridgehead atoms. The summed E-state index contributed by atoms with van der Waals surface area (Å²) in [7, 11) is 3.07. The van der Waals surface area contributed by atoms with Gasteiger partial charge in [-0.15, -0.1) is 0 Å². The van der Waals surface area contributed by atoms with Crippen LogP contribution in [0.4, 0.5) is 0 Å². The van der Waals surface area contributed by atoms with E-state index in [2.05, 4.69) is 15.9 Å². The number of hydrogen-bond donors (Lipinski definition) is 0. The van der Waals surface area contributed by atoms with Crippen LogP contribution in [0.25, 0.3) is 0 Å². The quantitative estimate of drug-likeness (QED) is 0.765. The average molecular weight is 356 g/mol. The van der Waals surface area contributed by atoms with E-state index in [1.165, 1.54) is 14.2 Å². The van der Waals surface area contributed by atoms with Crippen molar-refractivity contribution in [2.45, 2.75) is 0 Å². The van der Waals surface area contributed by atoms with Crippen LogP contribution in [0, 0.1) is 0 Å². The van der Waals surface area contributed by atoms with E-state index in [9.17, 15) is 4.79 Å². The lowest BCUT2D eigenvalue weighted by Crippen LogP contribution is -2.03. The number of benzene rings is 2. The molecule has 0 radical (unpaired) electrons. The van der Waals surface area contributed by atoms with E-state index >= 15 is 0 Å². The zero-order valence-electron chi connectivity index (χ0n) is 10.9. The van der Waals surface area contributed by atoms with Crippen molar-refractivity contribution in [1.82, 2.24) is 0 Å². The summed E-state index contributed by atoms with van der Waals surface area (Å²) in [6.07, 6.45) is 0. The van der Waals surface area contributed by atoms with Crippen molar-refractivity contribution in [3.05, 3.63) is 57.0 Å². The van der Waals surface area contributed by atoms with E-state index in [4.69, 9.17) is 21.1 Å². The van der Waals surface area contributed by atoms with E-state index in [-0.39, 0.29) is 5.78 Å². The molecule has 0 fully saturated rings. The van der Waals surface area contributed by atoms with Crippen LogP contribution >= 0.6 is 27.5 Å². The monoisotopic (exact) mass is 354 g/mol. The van der Waals surface area contributed by atoms with Gasteiger partial charge in [0.1, 0.15) is 11.5 Å². The van der Waals surface area contributed by atoms with Crippen molar-refractivity contribution in [3.63, 3.8) is 0 Å². The molecule has 0 spiro atoms. The van der Waals surface area contributed by atoms with Crippen LogP contribution in [0.3, 0.4) is 0 Å². The van der Waals surface area contributed by atoms with Crippen molar-refractivity contribution in [2.24, 2.45) is 0 Å². The van der Waals surface area contributed by atoms with Crippen LogP contribution < -0.4 is 9.47 Å². The van der Waals surface area contributed by atoms with E-state index in [1.807, 2.05) is 0 Å². The lowest BCUT2D eigenvalue weighted by atomic mass is 10.0. The van der Waals surface area contributed by atoms with Crippen LogP contribution in [0.2, 0.25) is 5.02 Å². The van der Waals surface area contributed by atoms with Crippen LogP contribution in [0.15, 0.2) is 40.9 Å². The van der Waals surface area contributed by atoms with Gasteiger partial charge >= 0.3 is 0 Å². The van der Waals surface area contributed by atoms with Gasteiger partial charge in [0.05, 0.1) is 19.2 Å². The minimum Gasteiger partial charge on any atom is -0.497 e. The number of carbonyl (C=O) groups is 1. The third-order valence-electron chi connectivity index (χ3n) is 2.79. The van der Waals surface area contributed by atoms with Gasteiger partial charge < -0.3 is 9.47 Å². The zero-order valence-corrected chi connectivity index (χ0v) is 13.3. The minimum atomic E-state index is -0.181. The Kier molecular flexibility index (Phi) is 4.68. The number of methoxy groups -OCH3 is 2. The summed E-state index contributed by atoms with van der Waals surface area (Å²) in [6, 6.07) is 10.2. The molecule has 2 aromatic rings. The van der Waals surface area contributed by atoms with Gasteiger partial charge in [-0.05, 0) is 30.3 Å². The molecule has 0 unspecified atom stereocenters. The third-order valence-corrected chi connectivity index (χ3v) is 3.60. The van der Waals surface area contributed by atoms with Crippen molar-refractivity contribution < 1.29 is 14.3 Å². The first-order chi connectivity index (χ1) is 9.55. The highest BCUT2D eigenvalue weighted by molar-refractivity contribution is 9.10. The fourth-order valence-corrected chi connectivity index (χ4v) is 2.53. The van der Waals surface area contributed by atoms with E-state index < -0.39 is 0 Å². The molecule has 20 heavy (non-hydrogen) atoms. The van der Waals surface area contributed by atoms with E-state index in [0.29, 0.717) is 27.6 Å². The fourth-order valence-electron chi connectivity index (χ4n) is 1.77. The van der Waals surface area contributed by atoms with Crippen LogP contribution in [-0.2, 0) is 0 Å². The second kappa shape index (κ2) is 6.29. The van der Waals surface area contributed by atoms with Crippen LogP contribution in [-0.4, -0.2) is 20.0 Å². The molecular formula is C15H12BrClO3. The van der Waals surface area contributed by atoms with Crippen molar-refractivity contribution in [2.75, 3.05) is 14.2 Å². The Balaban J connectivity index is 2.47. The second-order valence-corrected chi connectivity index (χ2v) is 5.38. The summed E-state index contributed by atoms with van der Waals surface area (Å²) in [5, 5.41) is 0.395. The molecule has 0 N–H and O–H groups in total. The first kappa shape index (κ1) is 14.9. The SMILES string of the molecule is COc1cc(OC)cc(C(=O)c2ccc(Br)cc2Cl)c1. The van der Waals surface area contributed by atoms with Crippen LogP contribution in [0.1, 0.15) is 15.9 Å². The molecule has 2 rings (SSSR count). The van der Waals surface area contributed by atoms with Crippen LogP contribution in [0.5, 0.6) is 11.5 Å². The molecule has 0 aromatic heterocycles. The highest BCUT2D eigenvalue weighted by atomic mass is 79.9. The predicted molar refractivity (Wildman–Crippen MR) is 82.1 cm³/mol. The Morgan fingerprint density at radius 3 is 2.15 bits per heavy atom. The molecule has 0 saturated carbocycles. The maximum absolute atomic E-state index is 12.5. The highest BCUT2D eigenvalue weighted by Crippen LogP contribution is 2.27. The maximum atomic E-state index is 12.5. The lowest BCUT2D eigenvalue weighted by molar-refractivity contribution is 0.103. The molecule has 5 heteroatoms. The maximum Gasteiger partial charge on any atom is 0.194 e. The van der Waals surface area contributed by atoms with Crippen molar-refractivity contribution in [1.29, 1.82) is 0 Å². The normalized spacial score (nSPS) is 10.2. The molecule has 0 atom stereocenters. The number of ether oxygens (including phenoxy) is 2. The molecule has 0 saturated heterocycles. The second-order valence-electron chi connectivity index (χ2n) is 4.05. The molecule has 2 aromatic carbocycles. The lowest BCUT2D eigenvalue weighted by Gasteiger charge is -2.09. The number of hydrogen-bond acceptors (Lipinski definition) is 3. The summed E-state index contributed by atoms with van der Waals surface area (Å²) >= 11 is 9.42. The molecule has 0 aliphatic carbocycles. The Bertz CT molecular complexity index is 633. The Morgan fingerprint density at radius 1 is 1.05 bits per heavy atom. The first-order valence-electron chi connectivity index (χ1n) is 5.78. The highest BCUT2D eigenvalue weighted by Gasteiger charge is 2.15. The van der Waals surface area contributed by atoms with Crippen molar-refractivity contribution >= 4 is 33.3 Å². The van der Waals surface area contributed by atoms with Gasteiger partial charge in [-0.25, -0.2) is 0 Å². The fraction of sp³-hybridized carbons (Fsp3) is 0.133. The van der Waals surface area contributed by atoms with Gasteiger partial charge in [-0.2, -0.15) is 0 Å². The summed E-state index contributed by atoms with van der Waals surface area (Å²) in [4.78, 5) is 12.5. The third kappa shape index (κ3) is 3.14. The molecule has 104 valence electrons. The molecular weight excluding hydrogens is 344 g/mol. The number of rotatable bonds is 4. The summed E-state index contributed by atoms with van der Waals surface area (Å²) < 4.78 is 11.1. The minimum absolute atomic E-state index is 0.181. The first-order valence-corrected chi connectivity index (χ1v) is 6.95. The summed E-state index contributed by atoms with van der Waals surface area (Å²) in [6.45, 7) is 0. The van der Waals surface area contributed by atoms with Crippen molar-refractivity contribution in [3.8, 4) is 11.5 Å².